The lowest BCUT2D eigenvalue weighted by Crippen LogP contribution is -2.12. The Balaban J connectivity index is 1.74. The topological polar surface area (TPSA) is 93.9 Å². The highest BCUT2D eigenvalue weighted by Gasteiger charge is 2.14. The molecule has 6 heteroatoms. The molecule has 24 heavy (non-hydrogen) atoms. The number of nitrogens with one attached hydrogen (secondary N) is 1. The number of hydrogen-bond acceptors (Lipinski definition) is 4. The maximum atomic E-state index is 11.3. The van der Waals surface area contributed by atoms with Gasteiger partial charge >= 0.3 is 0 Å². The van der Waals surface area contributed by atoms with Gasteiger partial charge in [-0.3, -0.25) is 4.79 Å². The molecule has 0 saturated heterocycles. The number of aromatic amines is 1. The minimum atomic E-state index is -0.599. The van der Waals surface area contributed by atoms with Crippen LogP contribution in [0.4, 0.5) is 0 Å². The van der Waals surface area contributed by atoms with Gasteiger partial charge in [-0.05, 0) is 30.7 Å². The number of primary amides is 1. The first kappa shape index (κ1) is 18.0. The predicted octanol–water partition coefficient (Wildman–Crippen LogP) is 3.70. The summed E-state index contributed by atoms with van der Waals surface area (Å²) in [5.74, 6) is 0.215. The number of rotatable bonds is 11. The number of amides is 1. The van der Waals surface area contributed by atoms with E-state index in [2.05, 4.69) is 22.3 Å². The Morgan fingerprint density at radius 3 is 2.38 bits per heavy atom. The molecule has 0 bridgehead atoms. The van der Waals surface area contributed by atoms with Crippen LogP contribution in [0.1, 0.15) is 62.4 Å². The van der Waals surface area contributed by atoms with Crippen molar-refractivity contribution < 1.29 is 9.53 Å². The Bertz CT molecular complexity index is 622. The van der Waals surface area contributed by atoms with Gasteiger partial charge in [-0.15, -0.1) is 0 Å². The summed E-state index contributed by atoms with van der Waals surface area (Å²) in [6, 6.07) is 7.45. The minimum Gasteiger partial charge on any atom is -0.494 e. The SMILES string of the molecule is CCCCCCCCCOc1ccc(-c2n[nH]nc2C(N)=O)cc1. The molecule has 0 fully saturated rings. The molecule has 2 rings (SSSR count). The third-order valence-electron chi connectivity index (χ3n) is 3.93. The van der Waals surface area contributed by atoms with E-state index in [9.17, 15) is 4.79 Å². The first-order chi connectivity index (χ1) is 11.7. The van der Waals surface area contributed by atoms with Crippen molar-refractivity contribution in [1.29, 1.82) is 0 Å². The van der Waals surface area contributed by atoms with Gasteiger partial charge in [-0.2, -0.15) is 15.4 Å². The summed E-state index contributed by atoms with van der Waals surface area (Å²) in [4.78, 5) is 11.3. The average molecular weight is 330 g/mol. The molecular formula is C18H26N4O2. The molecule has 0 atom stereocenters. The zero-order valence-electron chi connectivity index (χ0n) is 14.3. The molecule has 2 aromatic rings. The smallest absolute Gasteiger partial charge is 0.271 e. The highest BCUT2D eigenvalue weighted by Crippen LogP contribution is 2.22. The van der Waals surface area contributed by atoms with Crippen molar-refractivity contribution in [2.45, 2.75) is 51.9 Å². The Kier molecular flexibility index (Phi) is 7.26. The number of carbonyl (C=O) groups excluding carboxylic acids is 1. The monoisotopic (exact) mass is 330 g/mol. The normalized spacial score (nSPS) is 10.7. The Morgan fingerprint density at radius 1 is 1.04 bits per heavy atom. The fourth-order valence-electron chi connectivity index (χ4n) is 2.56. The molecule has 0 unspecified atom stereocenters. The third-order valence-corrected chi connectivity index (χ3v) is 3.93. The Morgan fingerprint density at radius 2 is 1.71 bits per heavy atom. The first-order valence-electron chi connectivity index (χ1n) is 8.66. The van der Waals surface area contributed by atoms with E-state index in [-0.39, 0.29) is 5.69 Å². The summed E-state index contributed by atoms with van der Waals surface area (Å²) >= 11 is 0. The molecule has 0 aliphatic rings. The Hall–Kier alpha value is -2.37. The summed E-state index contributed by atoms with van der Waals surface area (Å²) in [6.07, 6.45) is 8.85. The van der Waals surface area contributed by atoms with Gasteiger partial charge in [0.25, 0.3) is 5.91 Å². The molecule has 0 aliphatic heterocycles. The van der Waals surface area contributed by atoms with E-state index in [1.165, 1.54) is 38.5 Å². The van der Waals surface area contributed by atoms with Crippen LogP contribution in [0.3, 0.4) is 0 Å². The van der Waals surface area contributed by atoms with Crippen molar-refractivity contribution in [3.8, 4) is 17.0 Å². The lowest BCUT2D eigenvalue weighted by Gasteiger charge is -2.07. The second-order valence-electron chi connectivity index (χ2n) is 5.88. The van der Waals surface area contributed by atoms with Crippen LogP contribution in [0.15, 0.2) is 24.3 Å². The highest BCUT2D eigenvalue weighted by atomic mass is 16.5. The van der Waals surface area contributed by atoms with Gasteiger partial charge in [0.1, 0.15) is 11.4 Å². The number of aromatic nitrogens is 3. The van der Waals surface area contributed by atoms with E-state index in [1.807, 2.05) is 24.3 Å². The number of unbranched alkanes of at least 4 members (excludes halogenated alkanes) is 6. The molecule has 1 aromatic carbocycles. The van der Waals surface area contributed by atoms with Crippen LogP contribution in [0, 0.1) is 0 Å². The highest BCUT2D eigenvalue weighted by molar-refractivity contribution is 5.96. The van der Waals surface area contributed by atoms with Gasteiger partial charge < -0.3 is 10.5 Å². The van der Waals surface area contributed by atoms with Crippen LogP contribution < -0.4 is 10.5 Å². The van der Waals surface area contributed by atoms with Crippen LogP contribution in [0.5, 0.6) is 5.75 Å². The summed E-state index contributed by atoms with van der Waals surface area (Å²) in [6.45, 7) is 2.96. The molecule has 130 valence electrons. The largest absolute Gasteiger partial charge is 0.494 e. The van der Waals surface area contributed by atoms with Crippen LogP contribution in [-0.4, -0.2) is 27.9 Å². The van der Waals surface area contributed by atoms with Gasteiger partial charge in [-0.25, -0.2) is 0 Å². The van der Waals surface area contributed by atoms with Crippen molar-refractivity contribution >= 4 is 5.91 Å². The van der Waals surface area contributed by atoms with Crippen LogP contribution in [-0.2, 0) is 0 Å². The Labute approximate surface area is 142 Å². The standard InChI is InChI=1S/C18H26N4O2/c1-2-3-4-5-6-7-8-13-24-15-11-9-14(10-12-15)16-17(18(19)23)21-22-20-16/h9-12H,2-8,13H2,1H3,(H2,19,23)(H,20,21,22). The van der Waals surface area contributed by atoms with E-state index in [0.717, 1.165) is 24.3 Å². The van der Waals surface area contributed by atoms with Crippen molar-refractivity contribution in [3.05, 3.63) is 30.0 Å². The molecular weight excluding hydrogens is 304 g/mol. The number of benzene rings is 1. The molecule has 0 spiro atoms. The molecule has 1 heterocycles. The van der Waals surface area contributed by atoms with Crippen LogP contribution in [0.25, 0.3) is 11.3 Å². The molecule has 0 aliphatic carbocycles. The minimum absolute atomic E-state index is 0.145. The van der Waals surface area contributed by atoms with Gasteiger partial charge in [0.15, 0.2) is 5.69 Å². The van der Waals surface area contributed by atoms with E-state index < -0.39 is 5.91 Å². The van der Waals surface area contributed by atoms with E-state index in [4.69, 9.17) is 10.5 Å². The summed E-state index contributed by atoms with van der Waals surface area (Å²) < 4.78 is 5.75. The van der Waals surface area contributed by atoms with Gasteiger partial charge in [0.05, 0.1) is 6.61 Å². The van der Waals surface area contributed by atoms with E-state index in [0.29, 0.717) is 5.69 Å². The van der Waals surface area contributed by atoms with Crippen molar-refractivity contribution in [2.75, 3.05) is 6.61 Å². The van der Waals surface area contributed by atoms with E-state index >= 15 is 0 Å². The maximum absolute atomic E-state index is 11.3. The van der Waals surface area contributed by atoms with Gasteiger partial charge in [0.2, 0.25) is 0 Å². The van der Waals surface area contributed by atoms with Gasteiger partial charge in [0, 0.05) is 5.56 Å². The zero-order valence-corrected chi connectivity index (χ0v) is 14.3. The molecule has 0 saturated carbocycles. The summed E-state index contributed by atoms with van der Waals surface area (Å²) in [7, 11) is 0. The number of carbonyl (C=O) groups is 1. The van der Waals surface area contributed by atoms with Crippen LogP contribution >= 0.6 is 0 Å². The second kappa shape index (κ2) is 9.70. The molecule has 1 amide bonds. The fourth-order valence-corrected chi connectivity index (χ4v) is 2.56. The molecule has 0 radical (unpaired) electrons. The summed E-state index contributed by atoms with van der Waals surface area (Å²) in [5.41, 5.74) is 6.66. The van der Waals surface area contributed by atoms with Crippen LogP contribution in [0.2, 0.25) is 0 Å². The van der Waals surface area contributed by atoms with Gasteiger partial charge in [-0.1, -0.05) is 45.4 Å². The van der Waals surface area contributed by atoms with Crippen molar-refractivity contribution in [3.63, 3.8) is 0 Å². The average Bonchev–Trinajstić information content (AvgIpc) is 3.08. The number of nitrogens with zero attached hydrogens (tertiary/aromatic N) is 2. The quantitative estimate of drug-likeness (QED) is 0.614. The molecule has 1 aromatic heterocycles. The van der Waals surface area contributed by atoms with E-state index in [1.54, 1.807) is 0 Å². The number of hydrogen-bond donors (Lipinski definition) is 2. The van der Waals surface area contributed by atoms with Crippen molar-refractivity contribution in [2.24, 2.45) is 5.73 Å². The third kappa shape index (κ3) is 5.37. The summed E-state index contributed by atoms with van der Waals surface area (Å²) in [5, 5.41) is 10.2. The van der Waals surface area contributed by atoms with Crippen molar-refractivity contribution in [1.82, 2.24) is 15.4 Å². The lowest BCUT2D eigenvalue weighted by atomic mass is 10.1. The fraction of sp³-hybridized carbons (Fsp3) is 0.500. The molecule has 3 N–H and O–H groups in total. The number of ether oxygens (including phenoxy) is 1. The lowest BCUT2D eigenvalue weighted by molar-refractivity contribution is 0.0996. The molecule has 6 nitrogen and oxygen atoms in total. The number of nitrogens with two attached hydrogens (primary N) is 1. The second-order valence-corrected chi connectivity index (χ2v) is 5.88. The predicted molar refractivity (Wildman–Crippen MR) is 93.8 cm³/mol. The number of H-pyrrole nitrogens is 1. The zero-order chi connectivity index (χ0) is 17.2. The maximum Gasteiger partial charge on any atom is 0.271 e. The first-order valence-corrected chi connectivity index (χ1v) is 8.66.